The smallest absolute Gasteiger partial charge is 0.248 e. The number of furan rings is 1. The first-order chi connectivity index (χ1) is 15.2. The molecule has 0 saturated heterocycles. The van der Waals surface area contributed by atoms with Crippen LogP contribution in [0.2, 0.25) is 0 Å². The van der Waals surface area contributed by atoms with Crippen LogP contribution in [0, 0.1) is 0 Å². The molecule has 152 valence electrons. The van der Waals surface area contributed by atoms with Crippen LogP contribution in [-0.4, -0.2) is 21.9 Å². The molecule has 6 nitrogen and oxygen atoms in total. The van der Waals surface area contributed by atoms with Crippen molar-refractivity contribution < 1.29 is 14.0 Å². The third-order valence-electron chi connectivity index (χ3n) is 4.52. The van der Waals surface area contributed by atoms with Gasteiger partial charge in [0.05, 0.1) is 18.2 Å². The van der Waals surface area contributed by atoms with E-state index in [4.69, 9.17) is 4.42 Å². The van der Waals surface area contributed by atoms with E-state index in [1.165, 1.54) is 18.4 Å². The number of aromatic amines is 1. The van der Waals surface area contributed by atoms with Gasteiger partial charge in [0.15, 0.2) is 5.78 Å². The van der Waals surface area contributed by atoms with E-state index in [0.29, 0.717) is 17.0 Å². The zero-order valence-corrected chi connectivity index (χ0v) is 16.5. The van der Waals surface area contributed by atoms with Crippen LogP contribution in [0.3, 0.4) is 0 Å². The van der Waals surface area contributed by atoms with Gasteiger partial charge in [0.25, 0.3) is 0 Å². The van der Waals surface area contributed by atoms with Gasteiger partial charge in [0, 0.05) is 28.5 Å². The van der Waals surface area contributed by atoms with Gasteiger partial charge in [-0.25, -0.2) is 0 Å². The van der Waals surface area contributed by atoms with Crippen LogP contribution >= 0.6 is 0 Å². The number of hydrogen-bond acceptors (Lipinski definition) is 4. The van der Waals surface area contributed by atoms with E-state index in [2.05, 4.69) is 15.5 Å². The summed E-state index contributed by atoms with van der Waals surface area (Å²) in [4.78, 5) is 24.5. The molecule has 0 spiro atoms. The van der Waals surface area contributed by atoms with E-state index in [9.17, 15) is 9.59 Å². The molecule has 0 unspecified atom stereocenters. The fourth-order valence-corrected chi connectivity index (χ4v) is 2.97. The second-order valence-electron chi connectivity index (χ2n) is 6.68. The van der Waals surface area contributed by atoms with Gasteiger partial charge in [-0.15, -0.1) is 0 Å². The van der Waals surface area contributed by atoms with E-state index in [1.807, 2.05) is 30.3 Å². The second kappa shape index (κ2) is 9.37. The minimum atomic E-state index is -0.288. The molecular weight excluding hydrogens is 390 g/mol. The molecule has 0 bridgehead atoms. The molecule has 1 amide bonds. The van der Waals surface area contributed by atoms with Gasteiger partial charge in [-0.1, -0.05) is 30.3 Å². The number of rotatable bonds is 7. The highest BCUT2D eigenvalue weighted by Gasteiger charge is 2.07. The van der Waals surface area contributed by atoms with Crippen molar-refractivity contribution in [3.63, 3.8) is 0 Å². The number of allylic oxidation sites excluding steroid dienone is 1. The Bertz CT molecular complexity index is 1220. The van der Waals surface area contributed by atoms with E-state index in [0.717, 1.165) is 16.8 Å². The van der Waals surface area contributed by atoms with Crippen LogP contribution in [0.4, 0.5) is 5.69 Å². The summed E-state index contributed by atoms with van der Waals surface area (Å²) in [6.45, 7) is 0. The van der Waals surface area contributed by atoms with Gasteiger partial charge in [-0.05, 0) is 54.6 Å². The number of nitrogens with zero attached hydrogens (tertiary/aromatic N) is 1. The van der Waals surface area contributed by atoms with Gasteiger partial charge < -0.3 is 9.73 Å². The number of aromatic nitrogens is 2. The summed E-state index contributed by atoms with van der Waals surface area (Å²) in [6, 6.07) is 20.0. The molecule has 4 rings (SSSR count). The lowest BCUT2D eigenvalue weighted by Gasteiger charge is -2.03. The highest BCUT2D eigenvalue weighted by atomic mass is 16.3. The van der Waals surface area contributed by atoms with Gasteiger partial charge in [-0.3, -0.25) is 14.7 Å². The lowest BCUT2D eigenvalue weighted by atomic mass is 10.1. The standard InChI is InChI=1S/C25H19N3O3/c29-23(14-10-20-17-26-28-25(20)19-5-2-1-3-6-19)18-8-11-21(12-9-18)27-24(30)15-13-22-7-4-16-31-22/h1-17H,(H,26,28)(H,27,30)/b14-10+,15-13+. The van der Waals surface area contributed by atoms with Crippen LogP contribution < -0.4 is 5.32 Å². The Kier molecular flexibility index (Phi) is 6.00. The minimum Gasteiger partial charge on any atom is -0.465 e. The second-order valence-corrected chi connectivity index (χ2v) is 6.68. The van der Waals surface area contributed by atoms with Crippen molar-refractivity contribution in [1.82, 2.24) is 10.2 Å². The number of anilines is 1. The number of ketones is 1. The van der Waals surface area contributed by atoms with E-state index in [-0.39, 0.29) is 11.7 Å². The van der Waals surface area contributed by atoms with Crippen molar-refractivity contribution in [2.45, 2.75) is 0 Å². The fraction of sp³-hybridized carbons (Fsp3) is 0. The van der Waals surface area contributed by atoms with Gasteiger partial charge >= 0.3 is 0 Å². The maximum atomic E-state index is 12.5. The predicted molar refractivity (Wildman–Crippen MR) is 120 cm³/mol. The number of H-pyrrole nitrogens is 1. The molecule has 0 fully saturated rings. The minimum absolute atomic E-state index is 0.143. The number of carbonyl (C=O) groups excluding carboxylic acids is 2. The maximum Gasteiger partial charge on any atom is 0.248 e. The average molecular weight is 409 g/mol. The number of hydrogen-bond donors (Lipinski definition) is 2. The average Bonchev–Trinajstić information content (AvgIpc) is 3.49. The summed E-state index contributed by atoms with van der Waals surface area (Å²) < 4.78 is 5.14. The molecule has 0 radical (unpaired) electrons. The first-order valence-corrected chi connectivity index (χ1v) is 9.63. The third kappa shape index (κ3) is 5.13. The molecule has 2 N–H and O–H groups in total. The molecular formula is C25H19N3O3. The van der Waals surface area contributed by atoms with E-state index in [1.54, 1.807) is 54.7 Å². The highest BCUT2D eigenvalue weighted by molar-refractivity contribution is 6.07. The monoisotopic (exact) mass is 409 g/mol. The Morgan fingerprint density at radius 3 is 2.45 bits per heavy atom. The van der Waals surface area contributed by atoms with E-state index >= 15 is 0 Å². The molecule has 2 aromatic carbocycles. The first-order valence-electron chi connectivity index (χ1n) is 9.63. The number of amides is 1. The summed E-state index contributed by atoms with van der Waals surface area (Å²) in [5.74, 6) is 0.163. The zero-order chi connectivity index (χ0) is 21.5. The van der Waals surface area contributed by atoms with Crippen LogP contribution in [0.25, 0.3) is 23.4 Å². The van der Waals surface area contributed by atoms with Gasteiger partial charge in [0.1, 0.15) is 5.76 Å². The van der Waals surface area contributed by atoms with Crippen LogP contribution in [-0.2, 0) is 4.79 Å². The summed E-state index contributed by atoms with van der Waals surface area (Å²) in [5, 5.41) is 9.79. The molecule has 31 heavy (non-hydrogen) atoms. The Labute approximate surface area is 178 Å². The van der Waals surface area contributed by atoms with Crippen LogP contribution in [0.5, 0.6) is 0 Å². The van der Waals surface area contributed by atoms with Crippen molar-refractivity contribution in [3.05, 3.63) is 108 Å². The summed E-state index contributed by atoms with van der Waals surface area (Å²) >= 11 is 0. The molecule has 2 aromatic heterocycles. The van der Waals surface area contributed by atoms with Crippen LogP contribution in [0.15, 0.2) is 95.8 Å². The Hall–Kier alpha value is -4.45. The van der Waals surface area contributed by atoms with Gasteiger partial charge in [-0.2, -0.15) is 5.10 Å². The van der Waals surface area contributed by atoms with Crippen molar-refractivity contribution in [3.8, 4) is 11.3 Å². The molecule has 4 aromatic rings. The predicted octanol–water partition coefficient (Wildman–Crippen LogP) is 5.22. The Morgan fingerprint density at radius 2 is 1.71 bits per heavy atom. The summed E-state index contributed by atoms with van der Waals surface area (Å²) in [5.41, 5.74) is 3.78. The quantitative estimate of drug-likeness (QED) is 0.324. The number of benzene rings is 2. The van der Waals surface area contributed by atoms with Crippen molar-refractivity contribution >= 4 is 29.5 Å². The van der Waals surface area contributed by atoms with Gasteiger partial charge in [0.2, 0.25) is 5.91 Å². The third-order valence-corrected chi connectivity index (χ3v) is 4.52. The Morgan fingerprint density at radius 1 is 0.903 bits per heavy atom. The van der Waals surface area contributed by atoms with Crippen molar-refractivity contribution in [1.29, 1.82) is 0 Å². The zero-order valence-electron chi connectivity index (χ0n) is 16.5. The summed E-state index contributed by atoms with van der Waals surface area (Å²) in [6.07, 6.45) is 9.44. The molecule has 0 aliphatic heterocycles. The molecule has 0 aliphatic rings. The largest absolute Gasteiger partial charge is 0.465 e. The maximum absolute atomic E-state index is 12.5. The molecule has 0 aliphatic carbocycles. The highest BCUT2D eigenvalue weighted by Crippen LogP contribution is 2.22. The van der Waals surface area contributed by atoms with Crippen molar-refractivity contribution in [2.24, 2.45) is 0 Å². The number of carbonyl (C=O) groups is 2. The van der Waals surface area contributed by atoms with Crippen LogP contribution in [0.1, 0.15) is 21.7 Å². The first kappa shape index (κ1) is 19.8. The lowest BCUT2D eigenvalue weighted by molar-refractivity contribution is -0.111. The SMILES string of the molecule is O=C(/C=C/c1ccco1)Nc1ccc(C(=O)/C=C/c2cn[nH]c2-c2ccccc2)cc1. The normalized spacial score (nSPS) is 11.2. The van der Waals surface area contributed by atoms with Crippen molar-refractivity contribution in [2.75, 3.05) is 5.32 Å². The molecule has 6 heteroatoms. The Balaban J connectivity index is 1.39. The fourth-order valence-electron chi connectivity index (χ4n) is 2.97. The lowest BCUT2D eigenvalue weighted by Crippen LogP contribution is -2.07. The topological polar surface area (TPSA) is 88.0 Å². The summed E-state index contributed by atoms with van der Waals surface area (Å²) in [7, 11) is 0. The van der Waals surface area contributed by atoms with E-state index < -0.39 is 0 Å². The molecule has 0 atom stereocenters. The number of nitrogens with one attached hydrogen (secondary N) is 2. The molecule has 0 saturated carbocycles. The molecule has 2 heterocycles.